The minimum absolute atomic E-state index is 0.115. The molecule has 1 atom stereocenters. The van der Waals surface area contributed by atoms with Crippen LogP contribution in [0.5, 0.6) is 0 Å². The molecule has 0 bridgehead atoms. The SMILES string of the molecule is CC(C)SC1CCC(=O)N1S(=O)(=O)c1ccc(C(F)(F)F)cc1. The van der Waals surface area contributed by atoms with Crippen molar-refractivity contribution in [1.29, 1.82) is 0 Å². The summed E-state index contributed by atoms with van der Waals surface area (Å²) in [6.45, 7) is 3.77. The van der Waals surface area contributed by atoms with E-state index in [0.29, 0.717) is 18.6 Å². The Morgan fingerprint density at radius 2 is 1.78 bits per heavy atom. The predicted molar refractivity (Wildman–Crippen MR) is 81.2 cm³/mol. The first-order valence-corrected chi connectivity index (χ1v) is 9.32. The van der Waals surface area contributed by atoms with Gasteiger partial charge in [-0.2, -0.15) is 13.2 Å². The van der Waals surface area contributed by atoms with Gasteiger partial charge in [-0.25, -0.2) is 12.7 Å². The highest BCUT2D eigenvalue weighted by atomic mass is 32.2. The number of alkyl halides is 3. The minimum Gasteiger partial charge on any atom is -0.274 e. The number of rotatable bonds is 4. The van der Waals surface area contributed by atoms with Crippen molar-refractivity contribution in [2.24, 2.45) is 0 Å². The summed E-state index contributed by atoms with van der Waals surface area (Å²) in [5.41, 5.74) is -0.933. The monoisotopic (exact) mass is 367 g/mol. The van der Waals surface area contributed by atoms with Crippen molar-refractivity contribution in [1.82, 2.24) is 4.31 Å². The standard InChI is InChI=1S/C14H16F3NO3S2/c1-9(2)22-13-8-7-12(19)18(13)23(20,21)11-5-3-10(4-6-11)14(15,16)17/h3-6,9,13H,7-8H2,1-2H3. The molecule has 1 amide bonds. The van der Waals surface area contributed by atoms with Crippen LogP contribution in [0.3, 0.4) is 0 Å². The lowest BCUT2D eigenvalue weighted by Gasteiger charge is -2.25. The highest BCUT2D eigenvalue weighted by molar-refractivity contribution is 8.01. The Balaban J connectivity index is 2.35. The number of carbonyl (C=O) groups is 1. The highest BCUT2D eigenvalue weighted by Crippen LogP contribution is 2.36. The van der Waals surface area contributed by atoms with Crippen LogP contribution in [0.15, 0.2) is 29.2 Å². The van der Waals surface area contributed by atoms with E-state index in [2.05, 4.69) is 0 Å². The van der Waals surface area contributed by atoms with Gasteiger partial charge in [0.25, 0.3) is 10.0 Å². The van der Waals surface area contributed by atoms with Crippen LogP contribution in [0.25, 0.3) is 0 Å². The average molecular weight is 367 g/mol. The zero-order valence-corrected chi connectivity index (χ0v) is 14.1. The van der Waals surface area contributed by atoms with Crippen LogP contribution >= 0.6 is 11.8 Å². The molecule has 1 heterocycles. The molecule has 1 aliphatic heterocycles. The maximum atomic E-state index is 12.6. The Bertz CT molecular complexity index is 684. The lowest BCUT2D eigenvalue weighted by atomic mass is 10.2. The molecule has 0 aromatic heterocycles. The van der Waals surface area contributed by atoms with Crippen molar-refractivity contribution in [2.75, 3.05) is 0 Å². The zero-order valence-electron chi connectivity index (χ0n) is 12.5. The van der Waals surface area contributed by atoms with E-state index in [9.17, 15) is 26.4 Å². The number of carbonyl (C=O) groups excluding carboxylic acids is 1. The zero-order chi connectivity index (χ0) is 17.4. The molecule has 1 unspecified atom stereocenters. The molecule has 0 spiro atoms. The summed E-state index contributed by atoms with van der Waals surface area (Å²) in [5, 5.41) is -0.397. The first-order chi connectivity index (χ1) is 10.5. The van der Waals surface area contributed by atoms with Gasteiger partial charge in [0.05, 0.1) is 15.8 Å². The maximum Gasteiger partial charge on any atom is 0.416 e. The largest absolute Gasteiger partial charge is 0.416 e. The summed E-state index contributed by atoms with van der Waals surface area (Å²) in [7, 11) is -4.15. The van der Waals surface area contributed by atoms with Crippen LogP contribution in [0.2, 0.25) is 0 Å². The van der Waals surface area contributed by atoms with Crippen molar-refractivity contribution >= 4 is 27.7 Å². The van der Waals surface area contributed by atoms with Crippen LogP contribution in [-0.2, 0) is 21.0 Å². The number of thioether (sulfide) groups is 1. The quantitative estimate of drug-likeness (QED) is 0.818. The van der Waals surface area contributed by atoms with Crippen molar-refractivity contribution in [3.63, 3.8) is 0 Å². The first kappa shape index (κ1) is 18.1. The van der Waals surface area contributed by atoms with E-state index in [1.54, 1.807) is 0 Å². The normalized spacial score (nSPS) is 19.7. The van der Waals surface area contributed by atoms with E-state index < -0.39 is 33.0 Å². The Kier molecular flexibility index (Phi) is 5.00. The second kappa shape index (κ2) is 6.35. The van der Waals surface area contributed by atoms with Gasteiger partial charge in [-0.3, -0.25) is 4.79 Å². The number of amides is 1. The summed E-state index contributed by atoms with van der Waals surface area (Å²) >= 11 is 1.35. The molecule has 9 heteroatoms. The number of sulfonamides is 1. The second-order valence-electron chi connectivity index (χ2n) is 5.39. The maximum absolute atomic E-state index is 12.6. The van der Waals surface area contributed by atoms with Gasteiger partial charge in [0, 0.05) is 11.7 Å². The van der Waals surface area contributed by atoms with E-state index in [1.165, 1.54) is 11.8 Å². The molecule has 2 rings (SSSR count). The van der Waals surface area contributed by atoms with Crippen LogP contribution in [0.4, 0.5) is 13.2 Å². The highest BCUT2D eigenvalue weighted by Gasteiger charge is 2.41. The molecule has 1 fully saturated rings. The Hall–Kier alpha value is -1.22. The molecule has 0 saturated carbocycles. The molecule has 4 nitrogen and oxygen atoms in total. The molecule has 0 N–H and O–H groups in total. The molecular formula is C14H16F3NO3S2. The lowest BCUT2D eigenvalue weighted by molar-refractivity contribution is -0.137. The number of hydrogen-bond donors (Lipinski definition) is 0. The van der Waals surface area contributed by atoms with Gasteiger partial charge in [0.15, 0.2) is 0 Å². The average Bonchev–Trinajstić information content (AvgIpc) is 2.78. The van der Waals surface area contributed by atoms with Crippen molar-refractivity contribution in [3.8, 4) is 0 Å². The van der Waals surface area contributed by atoms with Gasteiger partial charge in [-0.05, 0) is 30.7 Å². The molecule has 0 radical (unpaired) electrons. The van der Waals surface area contributed by atoms with E-state index in [0.717, 1.165) is 16.4 Å². The summed E-state index contributed by atoms with van der Waals surface area (Å²) in [6.07, 6.45) is -4.02. The van der Waals surface area contributed by atoms with Crippen molar-refractivity contribution in [2.45, 2.75) is 48.4 Å². The Morgan fingerprint density at radius 3 is 2.26 bits per heavy atom. The van der Waals surface area contributed by atoms with E-state index in [1.807, 2.05) is 13.8 Å². The Labute approximate surface area is 137 Å². The molecule has 128 valence electrons. The van der Waals surface area contributed by atoms with E-state index in [-0.39, 0.29) is 16.6 Å². The van der Waals surface area contributed by atoms with Crippen molar-refractivity contribution < 1.29 is 26.4 Å². The molecule has 1 saturated heterocycles. The summed E-state index contributed by atoms with van der Waals surface area (Å²) < 4.78 is 63.7. The molecule has 1 aromatic rings. The smallest absolute Gasteiger partial charge is 0.274 e. The number of halogens is 3. The van der Waals surface area contributed by atoms with Crippen LogP contribution in [0, 0.1) is 0 Å². The molecule has 1 aromatic carbocycles. The number of benzene rings is 1. The van der Waals surface area contributed by atoms with Gasteiger partial charge < -0.3 is 0 Å². The molecule has 23 heavy (non-hydrogen) atoms. The Morgan fingerprint density at radius 1 is 1.22 bits per heavy atom. The fourth-order valence-corrected chi connectivity index (χ4v) is 5.37. The molecule has 0 aliphatic carbocycles. The fourth-order valence-electron chi connectivity index (χ4n) is 2.29. The van der Waals surface area contributed by atoms with Crippen LogP contribution in [0.1, 0.15) is 32.3 Å². The minimum atomic E-state index is -4.54. The molecular weight excluding hydrogens is 351 g/mol. The summed E-state index contributed by atoms with van der Waals surface area (Å²) in [4.78, 5) is 11.7. The van der Waals surface area contributed by atoms with Gasteiger partial charge >= 0.3 is 6.18 Å². The van der Waals surface area contributed by atoms with Crippen LogP contribution < -0.4 is 0 Å². The number of hydrogen-bond acceptors (Lipinski definition) is 4. The third kappa shape index (κ3) is 3.82. The summed E-state index contributed by atoms with van der Waals surface area (Å²) in [5.74, 6) is -0.525. The summed E-state index contributed by atoms with van der Waals surface area (Å²) in [6, 6.07) is 3.19. The van der Waals surface area contributed by atoms with E-state index >= 15 is 0 Å². The van der Waals surface area contributed by atoms with Crippen LogP contribution in [-0.4, -0.2) is 29.3 Å². The van der Waals surface area contributed by atoms with Gasteiger partial charge in [0.2, 0.25) is 5.91 Å². The lowest BCUT2D eigenvalue weighted by Crippen LogP contribution is -2.37. The third-order valence-corrected chi connectivity index (χ3v) is 6.56. The van der Waals surface area contributed by atoms with E-state index in [4.69, 9.17) is 0 Å². The van der Waals surface area contributed by atoms with Gasteiger partial charge in [-0.1, -0.05) is 13.8 Å². The topological polar surface area (TPSA) is 54.5 Å². The van der Waals surface area contributed by atoms with Crippen molar-refractivity contribution in [3.05, 3.63) is 29.8 Å². The fraction of sp³-hybridized carbons (Fsp3) is 0.500. The van der Waals surface area contributed by atoms with Gasteiger partial charge in [-0.15, -0.1) is 11.8 Å². The van der Waals surface area contributed by atoms with Gasteiger partial charge in [0.1, 0.15) is 0 Å². The second-order valence-corrected chi connectivity index (χ2v) is 8.97. The predicted octanol–water partition coefficient (Wildman–Crippen LogP) is 3.48. The third-order valence-electron chi connectivity index (χ3n) is 3.28. The molecule has 1 aliphatic rings. The first-order valence-electron chi connectivity index (χ1n) is 6.93. The number of nitrogens with zero attached hydrogens (tertiary/aromatic N) is 1.